The lowest BCUT2D eigenvalue weighted by molar-refractivity contribution is -0.115. The van der Waals surface area contributed by atoms with E-state index in [2.05, 4.69) is 0 Å². The smallest absolute Gasteiger partial charge is 0.130 e. The number of hydrogen-bond acceptors (Lipinski definition) is 1. The van der Waals surface area contributed by atoms with E-state index in [4.69, 9.17) is 0 Å². The van der Waals surface area contributed by atoms with E-state index >= 15 is 0 Å². The Morgan fingerprint density at radius 1 is 1.23 bits per heavy atom. The summed E-state index contributed by atoms with van der Waals surface area (Å²) in [7, 11) is 0. The van der Waals surface area contributed by atoms with Crippen LogP contribution < -0.4 is 0 Å². The van der Waals surface area contributed by atoms with Crippen LogP contribution in [-0.2, 0) is 10.2 Å². The number of aldehydes is 1. The zero-order chi connectivity index (χ0) is 9.31. The van der Waals surface area contributed by atoms with Gasteiger partial charge in [-0.1, -0.05) is 18.6 Å². The third-order valence-electron chi connectivity index (χ3n) is 2.89. The van der Waals surface area contributed by atoms with Gasteiger partial charge >= 0.3 is 0 Å². The first kappa shape index (κ1) is 8.42. The van der Waals surface area contributed by atoms with Crippen LogP contribution in [-0.4, -0.2) is 6.29 Å². The first-order valence-corrected chi connectivity index (χ1v) is 4.49. The summed E-state index contributed by atoms with van der Waals surface area (Å²) in [5.41, 5.74) is 0.656. The van der Waals surface area contributed by atoms with Crippen LogP contribution in [0.3, 0.4) is 0 Å². The van der Waals surface area contributed by atoms with Gasteiger partial charge in [-0.2, -0.15) is 0 Å². The molecule has 1 nitrogen and oxygen atoms in total. The maximum atomic E-state index is 12.6. The van der Waals surface area contributed by atoms with Gasteiger partial charge in [0.15, 0.2) is 0 Å². The van der Waals surface area contributed by atoms with Gasteiger partial charge in [0.1, 0.15) is 12.1 Å². The Balaban J connectivity index is 2.33. The van der Waals surface area contributed by atoms with Gasteiger partial charge in [-0.25, -0.2) is 4.39 Å². The summed E-state index contributed by atoms with van der Waals surface area (Å²) >= 11 is 0. The van der Waals surface area contributed by atoms with E-state index in [1.165, 1.54) is 12.1 Å². The molecule has 0 spiro atoms. The fourth-order valence-corrected chi connectivity index (χ4v) is 1.81. The van der Waals surface area contributed by atoms with Gasteiger partial charge in [0.05, 0.1) is 5.41 Å². The molecule has 2 rings (SSSR count). The summed E-state index contributed by atoms with van der Waals surface area (Å²) in [4.78, 5) is 10.9. The second-order valence-electron chi connectivity index (χ2n) is 3.63. The number of carbonyl (C=O) groups is 1. The summed E-state index contributed by atoms with van der Waals surface area (Å²) in [6.45, 7) is 0. The predicted octanol–water partition coefficient (Wildman–Crippen LogP) is 2.45. The average molecular weight is 178 g/mol. The molecule has 1 aromatic rings. The molecule has 0 heterocycles. The lowest BCUT2D eigenvalue weighted by Crippen LogP contribution is -2.35. The largest absolute Gasteiger partial charge is 0.302 e. The Bertz CT molecular complexity index is 311. The number of rotatable bonds is 2. The van der Waals surface area contributed by atoms with Crippen molar-refractivity contribution in [2.24, 2.45) is 0 Å². The van der Waals surface area contributed by atoms with Gasteiger partial charge in [0, 0.05) is 0 Å². The minimum Gasteiger partial charge on any atom is -0.302 e. The molecule has 1 aliphatic carbocycles. The second kappa shape index (κ2) is 2.95. The summed E-state index contributed by atoms with van der Waals surface area (Å²) in [5, 5.41) is 0. The standard InChI is InChI=1S/C11H11FO/c12-10-4-2-9(3-5-10)11(8-13)6-1-7-11/h2-5,8H,1,6-7H2. The zero-order valence-electron chi connectivity index (χ0n) is 7.29. The maximum Gasteiger partial charge on any atom is 0.130 e. The summed E-state index contributed by atoms with van der Waals surface area (Å²) in [6, 6.07) is 6.25. The van der Waals surface area contributed by atoms with Gasteiger partial charge in [-0.3, -0.25) is 0 Å². The minimum atomic E-state index is -0.298. The first-order valence-electron chi connectivity index (χ1n) is 4.49. The molecule has 1 aromatic carbocycles. The quantitative estimate of drug-likeness (QED) is 0.636. The molecule has 0 saturated heterocycles. The highest BCUT2D eigenvalue weighted by Gasteiger charge is 2.38. The fraction of sp³-hybridized carbons (Fsp3) is 0.364. The molecule has 1 fully saturated rings. The van der Waals surface area contributed by atoms with Gasteiger partial charge in [0.2, 0.25) is 0 Å². The van der Waals surface area contributed by atoms with Crippen molar-refractivity contribution in [3.05, 3.63) is 35.6 Å². The topological polar surface area (TPSA) is 17.1 Å². The van der Waals surface area contributed by atoms with E-state index in [0.717, 1.165) is 31.1 Å². The molecule has 1 aliphatic rings. The van der Waals surface area contributed by atoms with Crippen LogP contribution in [0.4, 0.5) is 4.39 Å². The van der Waals surface area contributed by atoms with E-state index in [1.807, 2.05) is 0 Å². The van der Waals surface area contributed by atoms with Crippen LogP contribution in [0.5, 0.6) is 0 Å². The van der Waals surface area contributed by atoms with E-state index in [9.17, 15) is 9.18 Å². The SMILES string of the molecule is O=CC1(c2ccc(F)cc2)CCC1. The highest BCUT2D eigenvalue weighted by molar-refractivity contribution is 5.70. The van der Waals surface area contributed by atoms with Crippen LogP contribution in [0.15, 0.2) is 24.3 Å². The van der Waals surface area contributed by atoms with Gasteiger partial charge in [-0.05, 0) is 30.5 Å². The van der Waals surface area contributed by atoms with Crippen molar-refractivity contribution in [3.8, 4) is 0 Å². The minimum absolute atomic E-state index is 0.246. The predicted molar refractivity (Wildman–Crippen MR) is 48.0 cm³/mol. The molecule has 0 N–H and O–H groups in total. The van der Waals surface area contributed by atoms with Crippen molar-refractivity contribution < 1.29 is 9.18 Å². The molecular weight excluding hydrogens is 167 g/mol. The van der Waals surface area contributed by atoms with Crippen molar-refractivity contribution in [2.45, 2.75) is 24.7 Å². The molecule has 0 bridgehead atoms. The van der Waals surface area contributed by atoms with Crippen LogP contribution in [0, 0.1) is 5.82 Å². The van der Waals surface area contributed by atoms with Crippen molar-refractivity contribution in [1.29, 1.82) is 0 Å². The summed E-state index contributed by atoms with van der Waals surface area (Å²) < 4.78 is 12.6. The molecule has 0 aromatic heterocycles. The molecule has 13 heavy (non-hydrogen) atoms. The number of halogens is 1. The molecule has 0 radical (unpaired) electrons. The molecule has 0 atom stereocenters. The molecule has 1 saturated carbocycles. The normalized spacial score (nSPS) is 19.2. The highest BCUT2D eigenvalue weighted by Crippen LogP contribution is 2.41. The number of carbonyl (C=O) groups excluding carboxylic acids is 1. The Hall–Kier alpha value is -1.18. The monoisotopic (exact) mass is 178 g/mol. The van der Waals surface area contributed by atoms with Gasteiger partial charge in [-0.15, -0.1) is 0 Å². The fourth-order valence-electron chi connectivity index (χ4n) is 1.81. The van der Waals surface area contributed by atoms with Crippen LogP contribution in [0.1, 0.15) is 24.8 Å². The summed E-state index contributed by atoms with van der Waals surface area (Å²) in [5.74, 6) is -0.246. The second-order valence-corrected chi connectivity index (χ2v) is 3.63. The van der Waals surface area contributed by atoms with Gasteiger partial charge < -0.3 is 4.79 Å². The van der Waals surface area contributed by atoms with Crippen molar-refractivity contribution >= 4 is 6.29 Å². The molecule has 68 valence electrons. The van der Waals surface area contributed by atoms with Crippen molar-refractivity contribution in [2.75, 3.05) is 0 Å². The lowest BCUT2D eigenvalue weighted by Gasteiger charge is -2.37. The first-order chi connectivity index (χ1) is 6.27. The molecule has 0 aliphatic heterocycles. The summed E-state index contributed by atoms with van der Waals surface area (Å²) in [6.07, 6.45) is 3.91. The van der Waals surface area contributed by atoms with Crippen molar-refractivity contribution in [3.63, 3.8) is 0 Å². The van der Waals surface area contributed by atoms with E-state index < -0.39 is 0 Å². The Labute approximate surface area is 76.6 Å². The van der Waals surface area contributed by atoms with E-state index in [1.54, 1.807) is 12.1 Å². The van der Waals surface area contributed by atoms with Crippen LogP contribution in [0.25, 0.3) is 0 Å². The number of hydrogen-bond donors (Lipinski definition) is 0. The lowest BCUT2D eigenvalue weighted by atomic mass is 9.65. The van der Waals surface area contributed by atoms with E-state index in [-0.39, 0.29) is 11.2 Å². The number of benzene rings is 1. The van der Waals surface area contributed by atoms with E-state index in [0.29, 0.717) is 0 Å². The van der Waals surface area contributed by atoms with Gasteiger partial charge in [0.25, 0.3) is 0 Å². The third kappa shape index (κ3) is 1.26. The molecular formula is C11H11FO. The molecule has 0 amide bonds. The van der Waals surface area contributed by atoms with Crippen molar-refractivity contribution in [1.82, 2.24) is 0 Å². The Morgan fingerprint density at radius 3 is 2.23 bits per heavy atom. The van der Waals surface area contributed by atoms with Crippen LogP contribution in [0.2, 0.25) is 0 Å². The Kier molecular flexibility index (Phi) is 1.91. The molecule has 0 unspecified atom stereocenters. The highest BCUT2D eigenvalue weighted by atomic mass is 19.1. The zero-order valence-corrected chi connectivity index (χ0v) is 7.29. The average Bonchev–Trinajstić information content (AvgIpc) is 2.07. The third-order valence-corrected chi connectivity index (χ3v) is 2.89. The molecule has 2 heteroatoms. The Morgan fingerprint density at radius 2 is 1.85 bits per heavy atom. The van der Waals surface area contributed by atoms with Crippen LogP contribution >= 0.6 is 0 Å². The maximum absolute atomic E-state index is 12.6.